The molecule has 0 unspecified atom stereocenters. The number of hydrogen-bond acceptors (Lipinski definition) is 7. The van der Waals surface area contributed by atoms with Crippen molar-refractivity contribution < 1.29 is 33.8 Å². The average Bonchev–Trinajstić information content (AvgIpc) is 3.23. The van der Waals surface area contributed by atoms with Gasteiger partial charge in [-0.2, -0.15) is 0 Å². The number of benzene rings is 3. The largest absolute Gasteiger partial charge is 0.490 e. The second-order valence-corrected chi connectivity index (χ2v) is 11.5. The molecular weight excluding hydrogens is 624 g/mol. The monoisotopic (exact) mass is 650 g/mol. The molecule has 2 aliphatic heterocycles. The second-order valence-electron chi connectivity index (χ2n) is 9.66. The number of fused-ring (bicyclic) bond motifs is 1. The Morgan fingerprint density at radius 2 is 1.83 bits per heavy atom. The number of thioether (sulfide) groups is 1. The molecule has 3 aromatic carbocycles. The summed E-state index contributed by atoms with van der Waals surface area (Å²) in [6, 6.07) is 17.8. The fraction of sp³-hybridized carbons (Fsp3) is 0.226. The zero-order valence-electron chi connectivity index (χ0n) is 22.7. The van der Waals surface area contributed by atoms with Crippen LogP contribution in [0.5, 0.6) is 11.5 Å². The number of nitrogens with zero attached hydrogens (tertiary/aromatic N) is 2. The summed E-state index contributed by atoms with van der Waals surface area (Å²) in [6.07, 6.45) is 2.31. The van der Waals surface area contributed by atoms with Gasteiger partial charge in [-0.3, -0.25) is 19.3 Å². The molecule has 1 fully saturated rings. The van der Waals surface area contributed by atoms with E-state index < -0.39 is 17.1 Å². The van der Waals surface area contributed by atoms with Crippen LogP contribution in [0, 0.1) is 0 Å². The van der Waals surface area contributed by atoms with Crippen molar-refractivity contribution in [3.8, 4) is 11.5 Å². The summed E-state index contributed by atoms with van der Waals surface area (Å²) >= 11 is 4.29. The van der Waals surface area contributed by atoms with Crippen LogP contribution in [0.2, 0.25) is 0 Å². The number of hydrogen-bond donors (Lipinski definition) is 1. The van der Waals surface area contributed by atoms with Crippen LogP contribution in [0.4, 0.5) is 4.79 Å². The minimum atomic E-state index is -1.02. The van der Waals surface area contributed by atoms with Gasteiger partial charge in [-0.05, 0) is 93.6 Å². The summed E-state index contributed by atoms with van der Waals surface area (Å²) in [7, 11) is 0. The van der Waals surface area contributed by atoms with Crippen molar-refractivity contribution in [3.63, 3.8) is 0 Å². The van der Waals surface area contributed by atoms with E-state index in [0.29, 0.717) is 46.8 Å². The molecule has 3 aromatic rings. The lowest BCUT2D eigenvalue weighted by Crippen LogP contribution is -2.44. The fourth-order valence-corrected chi connectivity index (χ4v) is 6.17. The highest BCUT2D eigenvalue weighted by Crippen LogP contribution is 2.40. The molecule has 0 atom stereocenters. The van der Waals surface area contributed by atoms with Crippen molar-refractivity contribution in [2.45, 2.75) is 26.5 Å². The van der Waals surface area contributed by atoms with Crippen molar-refractivity contribution >= 4 is 56.8 Å². The van der Waals surface area contributed by atoms with Crippen molar-refractivity contribution in [3.05, 3.63) is 97.9 Å². The number of carboxylic acid groups (broad SMARTS) is 1. The first-order chi connectivity index (χ1) is 20.2. The summed E-state index contributed by atoms with van der Waals surface area (Å²) in [5, 5.41) is 8.75. The lowest BCUT2D eigenvalue weighted by atomic mass is 10.00. The lowest BCUT2D eigenvalue weighted by Gasteiger charge is -2.29. The lowest BCUT2D eigenvalue weighted by molar-refractivity contribution is -0.136. The Kier molecular flexibility index (Phi) is 8.98. The van der Waals surface area contributed by atoms with Gasteiger partial charge in [0.25, 0.3) is 11.1 Å². The molecule has 0 radical (unpaired) electrons. The molecule has 1 saturated heterocycles. The Balaban J connectivity index is 1.29. The Hall–Kier alpha value is -4.09. The molecule has 5 rings (SSSR count). The molecule has 216 valence electrons. The molecule has 9 nitrogen and oxygen atoms in total. The molecule has 0 saturated carbocycles. The van der Waals surface area contributed by atoms with E-state index in [-0.39, 0.29) is 29.5 Å². The van der Waals surface area contributed by atoms with Crippen LogP contribution < -0.4 is 9.47 Å². The summed E-state index contributed by atoms with van der Waals surface area (Å²) in [5.74, 6) is -0.999. The van der Waals surface area contributed by atoms with E-state index in [9.17, 15) is 24.3 Å². The minimum absolute atomic E-state index is 0.106. The highest BCUT2D eigenvalue weighted by Gasteiger charge is 2.37. The second kappa shape index (κ2) is 12.8. The maximum absolute atomic E-state index is 13.2. The number of rotatable bonds is 9. The number of carboxylic acids is 1. The molecular formula is C31H27BrN2O7S. The average molecular weight is 652 g/mol. The van der Waals surface area contributed by atoms with Crippen molar-refractivity contribution in [1.82, 2.24) is 9.80 Å². The number of halogens is 1. The highest BCUT2D eigenvalue weighted by atomic mass is 79.9. The number of aromatic carboxylic acids is 1. The smallest absolute Gasteiger partial charge is 0.335 e. The minimum Gasteiger partial charge on any atom is -0.490 e. The summed E-state index contributed by atoms with van der Waals surface area (Å²) < 4.78 is 12.3. The van der Waals surface area contributed by atoms with Crippen LogP contribution in [-0.4, -0.2) is 57.6 Å². The van der Waals surface area contributed by atoms with Crippen LogP contribution in [0.3, 0.4) is 0 Å². The summed E-state index contributed by atoms with van der Waals surface area (Å²) in [4.78, 5) is 53.1. The number of amides is 3. The number of carbonyl (C=O) groups is 4. The third kappa shape index (κ3) is 6.52. The van der Waals surface area contributed by atoms with E-state index in [1.807, 2.05) is 31.2 Å². The maximum Gasteiger partial charge on any atom is 0.335 e. The first-order valence-corrected chi connectivity index (χ1v) is 14.9. The van der Waals surface area contributed by atoms with Gasteiger partial charge >= 0.3 is 5.97 Å². The first-order valence-electron chi connectivity index (χ1n) is 13.2. The highest BCUT2D eigenvalue weighted by molar-refractivity contribution is 9.10. The van der Waals surface area contributed by atoms with Gasteiger partial charge in [0.15, 0.2) is 11.5 Å². The molecule has 11 heteroatoms. The molecule has 2 aliphatic rings. The van der Waals surface area contributed by atoms with Gasteiger partial charge in [0.1, 0.15) is 13.2 Å². The Morgan fingerprint density at radius 1 is 1.05 bits per heavy atom. The Labute approximate surface area is 255 Å². The van der Waals surface area contributed by atoms with E-state index in [2.05, 4.69) is 15.9 Å². The normalized spacial score (nSPS) is 15.6. The number of carbonyl (C=O) groups excluding carboxylic acids is 3. The Bertz CT molecular complexity index is 1610. The van der Waals surface area contributed by atoms with Gasteiger partial charge in [0, 0.05) is 13.1 Å². The third-order valence-corrected chi connectivity index (χ3v) is 8.33. The quantitative estimate of drug-likeness (QED) is 0.292. The van der Waals surface area contributed by atoms with Gasteiger partial charge in [-0.15, -0.1) is 0 Å². The van der Waals surface area contributed by atoms with Crippen molar-refractivity contribution in [1.29, 1.82) is 0 Å². The van der Waals surface area contributed by atoms with Crippen LogP contribution >= 0.6 is 27.7 Å². The van der Waals surface area contributed by atoms with Crippen molar-refractivity contribution in [2.75, 3.05) is 19.7 Å². The SMILES string of the molecule is CCOc1cc(/C=C2\SC(=O)N(CC(=O)N3CCc4ccccc4C3)C2=O)cc(Br)c1OCc1cccc(C(=O)O)c1. The maximum atomic E-state index is 13.2. The van der Waals surface area contributed by atoms with Crippen LogP contribution in [0.25, 0.3) is 6.08 Å². The molecule has 3 amide bonds. The van der Waals surface area contributed by atoms with Gasteiger partial charge in [0.05, 0.1) is 21.5 Å². The number of ether oxygens (including phenoxy) is 2. The van der Waals surface area contributed by atoms with Gasteiger partial charge in [-0.25, -0.2) is 4.79 Å². The van der Waals surface area contributed by atoms with E-state index >= 15 is 0 Å². The van der Waals surface area contributed by atoms with Crippen LogP contribution in [0.15, 0.2) is 70.0 Å². The molecule has 42 heavy (non-hydrogen) atoms. The van der Waals surface area contributed by atoms with E-state index in [4.69, 9.17) is 9.47 Å². The van der Waals surface area contributed by atoms with Gasteiger partial charge in [-0.1, -0.05) is 36.4 Å². The first kappa shape index (κ1) is 29.4. The zero-order valence-corrected chi connectivity index (χ0v) is 25.1. The number of imide groups is 1. The van der Waals surface area contributed by atoms with E-state index in [0.717, 1.165) is 28.6 Å². The standard InChI is InChI=1S/C31H27BrN2O7S/c1-2-40-25-14-20(13-24(32)28(25)41-18-19-6-5-9-22(12-19)30(37)38)15-26-29(36)34(31(39)42-26)17-27(35)33-11-10-21-7-3-4-8-23(21)16-33/h3-9,12-15H,2,10-11,16-18H2,1H3,(H,37,38)/b26-15-. The van der Waals surface area contributed by atoms with Gasteiger partial charge < -0.3 is 19.5 Å². The van der Waals surface area contributed by atoms with Crippen LogP contribution in [0.1, 0.15) is 39.5 Å². The van der Waals surface area contributed by atoms with Crippen LogP contribution in [-0.2, 0) is 29.2 Å². The molecule has 2 heterocycles. The van der Waals surface area contributed by atoms with E-state index in [1.54, 1.807) is 35.2 Å². The predicted molar refractivity (Wildman–Crippen MR) is 161 cm³/mol. The summed E-state index contributed by atoms with van der Waals surface area (Å²) in [6.45, 7) is 2.96. The molecule has 1 N–H and O–H groups in total. The van der Waals surface area contributed by atoms with E-state index in [1.165, 1.54) is 17.7 Å². The molecule has 0 aromatic heterocycles. The zero-order chi connectivity index (χ0) is 29.8. The fourth-order valence-electron chi connectivity index (χ4n) is 4.76. The predicted octanol–water partition coefficient (Wildman–Crippen LogP) is 5.75. The molecule has 0 aliphatic carbocycles. The molecule has 0 spiro atoms. The molecule has 0 bridgehead atoms. The topological polar surface area (TPSA) is 113 Å². The third-order valence-electron chi connectivity index (χ3n) is 6.84. The van der Waals surface area contributed by atoms with Crippen molar-refractivity contribution in [2.24, 2.45) is 0 Å². The Morgan fingerprint density at radius 3 is 2.60 bits per heavy atom. The van der Waals surface area contributed by atoms with Gasteiger partial charge in [0.2, 0.25) is 5.91 Å². The summed E-state index contributed by atoms with van der Waals surface area (Å²) in [5.41, 5.74) is 3.70.